The van der Waals surface area contributed by atoms with Gasteiger partial charge in [0.25, 0.3) is 5.91 Å². The Morgan fingerprint density at radius 1 is 1.11 bits per heavy atom. The third-order valence-corrected chi connectivity index (χ3v) is 10.2. The molecule has 1 atom stereocenters. The Hall–Kier alpha value is -2.77. The number of aromatic nitrogens is 2. The number of amides is 1. The first-order chi connectivity index (χ1) is 21.7. The van der Waals surface area contributed by atoms with E-state index in [1.807, 2.05) is 18.7 Å². The van der Waals surface area contributed by atoms with Crippen molar-refractivity contribution in [2.24, 2.45) is 0 Å². The summed E-state index contributed by atoms with van der Waals surface area (Å²) in [5, 5.41) is 27.9. The number of ether oxygens (including phenoxy) is 1. The van der Waals surface area contributed by atoms with Crippen LogP contribution in [0.2, 0.25) is 0 Å². The standard InChI is InChI=1S/C33H49N5O6S/c1-23(2)28-20-25(36-44-28)31(41)38-18-19-43-33(22-38)12-16-37(17-13-33)15-9-7-5-3-4-6-8-14-34-21-27(40)24-10-11-26(39)29-30(24)45-32(42)35-29/h10-11,20,23,27,34,39-40H,3-9,12-19,21-22H2,1-2H3,(H,35,42). The SMILES string of the molecule is CC(C)c1cc(C(=O)N2CCOC3(CCN(CCCCCCCCCNCC(O)c4ccc(O)c5[nH]c(=O)sc45)CC3)C2)no1. The first kappa shape index (κ1) is 33.6. The molecule has 1 unspecified atom stereocenters. The van der Waals surface area contributed by atoms with Gasteiger partial charge in [0, 0.05) is 43.7 Å². The molecule has 0 radical (unpaired) electrons. The molecule has 12 heteroatoms. The topological polar surface area (TPSA) is 144 Å². The van der Waals surface area contributed by atoms with Crippen LogP contribution in [0.4, 0.5) is 0 Å². The third-order valence-electron chi connectivity index (χ3n) is 9.23. The molecule has 0 bridgehead atoms. The van der Waals surface area contributed by atoms with Gasteiger partial charge in [-0.25, -0.2) is 0 Å². The molecule has 2 saturated heterocycles. The second-order valence-corrected chi connectivity index (χ2v) is 13.9. The zero-order valence-corrected chi connectivity index (χ0v) is 27.5. The Morgan fingerprint density at radius 3 is 2.58 bits per heavy atom. The smallest absolute Gasteiger partial charge is 0.305 e. The van der Waals surface area contributed by atoms with E-state index in [1.165, 1.54) is 38.2 Å². The lowest BCUT2D eigenvalue weighted by Crippen LogP contribution is -2.58. The summed E-state index contributed by atoms with van der Waals surface area (Å²) in [4.78, 5) is 31.6. The van der Waals surface area contributed by atoms with Crippen LogP contribution in [0.25, 0.3) is 10.2 Å². The van der Waals surface area contributed by atoms with Crippen LogP contribution in [0.3, 0.4) is 0 Å². The molecule has 4 heterocycles. The average molecular weight is 644 g/mol. The molecular formula is C33H49N5O6S. The quantitative estimate of drug-likeness (QED) is 0.172. The Balaban J connectivity index is 0.891. The highest BCUT2D eigenvalue weighted by molar-refractivity contribution is 7.16. The summed E-state index contributed by atoms with van der Waals surface area (Å²) in [6.45, 7) is 10.2. The fraction of sp³-hybridized carbons (Fsp3) is 0.667. The van der Waals surface area contributed by atoms with Crippen molar-refractivity contribution in [1.29, 1.82) is 0 Å². The van der Waals surface area contributed by atoms with E-state index < -0.39 is 6.10 Å². The number of benzene rings is 1. The number of aliphatic hydroxyl groups excluding tert-OH is 1. The zero-order valence-electron chi connectivity index (χ0n) is 26.7. The van der Waals surface area contributed by atoms with E-state index in [4.69, 9.17) is 9.26 Å². The molecule has 1 aromatic carbocycles. The molecule has 45 heavy (non-hydrogen) atoms. The molecule has 4 N–H and O–H groups in total. The maximum absolute atomic E-state index is 13.1. The van der Waals surface area contributed by atoms with Gasteiger partial charge < -0.3 is 39.6 Å². The number of aliphatic hydroxyl groups is 1. The zero-order chi connectivity index (χ0) is 31.8. The fourth-order valence-corrected chi connectivity index (χ4v) is 7.37. The lowest BCUT2D eigenvalue weighted by molar-refractivity contribution is -0.127. The van der Waals surface area contributed by atoms with Crippen LogP contribution in [-0.4, -0.2) is 94.1 Å². The number of hydrogen-bond acceptors (Lipinski definition) is 10. The monoisotopic (exact) mass is 643 g/mol. The Kier molecular flexibility index (Phi) is 11.7. The van der Waals surface area contributed by atoms with Crippen LogP contribution in [0, 0.1) is 0 Å². The van der Waals surface area contributed by atoms with Crippen molar-refractivity contribution in [2.75, 3.05) is 52.4 Å². The number of hydrogen-bond donors (Lipinski definition) is 4. The van der Waals surface area contributed by atoms with Crippen LogP contribution in [0.15, 0.2) is 27.5 Å². The Bertz CT molecular complexity index is 1440. The minimum Gasteiger partial charge on any atom is -0.506 e. The van der Waals surface area contributed by atoms with Gasteiger partial charge in [0.2, 0.25) is 0 Å². The first-order valence-corrected chi connectivity index (χ1v) is 17.4. The van der Waals surface area contributed by atoms with Gasteiger partial charge in [-0.15, -0.1) is 0 Å². The van der Waals surface area contributed by atoms with Crippen molar-refractivity contribution < 1.29 is 24.3 Å². The van der Waals surface area contributed by atoms with Crippen molar-refractivity contribution in [3.63, 3.8) is 0 Å². The number of nitrogens with one attached hydrogen (secondary N) is 2. The van der Waals surface area contributed by atoms with Gasteiger partial charge in [0.1, 0.15) is 17.0 Å². The van der Waals surface area contributed by atoms with Crippen LogP contribution >= 0.6 is 11.3 Å². The Morgan fingerprint density at radius 2 is 1.84 bits per heavy atom. The number of piperidine rings is 1. The number of carbonyl (C=O) groups excluding carboxylic acids is 1. The normalized spacial score (nSPS) is 17.9. The molecule has 2 aliphatic rings. The van der Waals surface area contributed by atoms with Gasteiger partial charge in [-0.1, -0.05) is 68.5 Å². The highest BCUT2D eigenvalue weighted by Gasteiger charge is 2.41. The highest BCUT2D eigenvalue weighted by Crippen LogP contribution is 2.32. The van der Waals surface area contributed by atoms with Crippen LogP contribution in [0.1, 0.15) is 105 Å². The highest BCUT2D eigenvalue weighted by atomic mass is 32.1. The summed E-state index contributed by atoms with van der Waals surface area (Å²) in [6, 6.07) is 4.97. The first-order valence-electron chi connectivity index (χ1n) is 16.6. The maximum atomic E-state index is 13.1. The third kappa shape index (κ3) is 8.74. The predicted molar refractivity (Wildman–Crippen MR) is 175 cm³/mol. The second kappa shape index (κ2) is 15.7. The molecule has 1 spiro atoms. The van der Waals surface area contributed by atoms with Gasteiger partial charge in [-0.3, -0.25) is 9.59 Å². The molecule has 0 saturated carbocycles. The molecule has 1 amide bonds. The number of fused-ring (bicyclic) bond motifs is 1. The van der Waals surface area contributed by atoms with E-state index in [1.54, 1.807) is 12.1 Å². The van der Waals surface area contributed by atoms with Gasteiger partial charge in [-0.2, -0.15) is 0 Å². The number of unbranched alkanes of at least 4 members (excludes halogenated alkanes) is 6. The van der Waals surface area contributed by atoms with Gasteiger partial charge >= 0.3 is 4.87 Å². The lowest BCUT2D eigenvalue weighted by atomic mass is 9.89. The molecule has 0 aliphatic carbocycles. The van der Waals surface area contributed by atoms with Crippen molar-refractivity contribution in [3.8, 4) is 5.75 Å². The number of thiazole rings is 1. The number of likely N-dealkylation sites (tertiary alicyclic amines) is 1. The average Bonchev–Trinajstić information content (AvgIpc) is 3.68. The minimum atomic E-state index is -0.734. The van der Waals surface area contributed by atoms with E-state index in [0.29, 0.717) is 47.7 Å². The number of nitrogens with zero attached hydrogens (tertiary/aromatic N) is 3. The van der Waals surface area contributed by atoms with E-state index in [2.05, 4.69) is 20.4 Å². The lowest BCUT2D eigenvalue weighted by Gasteiger charge is -2.47. The molecule has 248 valence electrons. The van der Waals surface area contributed by atoms with E-state index >= 15 is 0 Å². The number of carbonyl (C=O) groups is 1. The molecule has 2 aromatic heterocycles. The summed E-state index contributed by atoms with van der Waals surface area (Å²) in [6.07, 6.45) is 9.55. The van der Waals surface area contributed by atoms with Crippen molar-refractivity contribution >= 4 is 27.5 Å². The minimum absolute atomic E-state index is 0.0223. The van der Waals surface area contributed by atoms with E-state index in [0.717, 1.165) is 69.0 Å². The number of morpholine rings is 1. The number of aromatic amines is 1. The fourth-order valence-electron chi connectivity index (χ4n) is 6.45. The van der Waals surface area contributed by atoms with Crippen LogP contribution in [-0.2, 0) is 4.74 Å². The summed E-state index contributed by atoms with van der Waals surface area (Å²) in [5.41, 5.74) is 1.20. The largest absolute Gasteiger partial charge is 0.506 e. The summed E-state index contributed by atoms with van der Waals surface area (Å²) >= 11 is 1.01. The summed E-state index contributed by atoms with van der Waals surface area (Å²) < 4.78 is 12.2. The number of phenols is 1. The number of rotatable bonds is 15. The maximum Gasteiger partial charge on any atom is 0.305 e. The second-order valence-electron chi connectivity index (χ2n) is 13.0. The van der Waals surface area contributed by atoms with E-state index in [-0.39, 0.29) is 28.0 Å². The predicted octanol–water partition coefficient (Wildman–Crippen LogP) is 4.77. The number of aromatic hydroxyl groups is 1. The van der Waals surface area contributed by atoms with Crippen molar-refractivity contribution in [3.05, 3.63) is 44.9 Å². The van der Waals surface area contributed by atoms with Gasteiger partial charge in [0.05, 0.1) is 29.6 Å². The van der Waals surface area contributed by atoms with Gasteiger partial charge in [0.15, 0.2) is 5.69 Å². The molecule has 11 nitrogen and oxygen atoms in total. The number of H-pyrrole nitrogens is 1. The molecule has 5 rings (SSSR count). The summed E-state index contributed by atoms with van der Waals surface area (Å²) in [7, 11) is 0. The molecular weight excluding hydrogens is 594 g/mol. The molecule has 3 aromatic rings. The molecule has 2 aliphatic heterocycles. The van der Waals surface area contributed by atoms with Crippen LogP contribution < -0.4 is 10.2 Å². The Labute approximate surface area is 268 Å². The summed E-state index contributed by atoms with van der Waals surface area (Å²) in [5.74, 6) is 0.905. The van der Waals surface area contributed by atoms with Crippen LogP contribution in [0.5, 0.6) is 5.75 Å². The number of phenolic OH excluding ortho intramolecular Hbond substituents is 1. The van der Waals surface area contributed by atoms with E-state index in [9.17, 15) is 19.8 Å². The van der Waals surface area contributed by atoms with Crippen molar-refractivity contribution in [2.45, 2.75) is 89.3 Å². The van der Waals surface area contributed by atoms with Gasteiger partial charge in [-0.05, 0) is 44.8 Å². The van der Waals surface area contributed by atoms with Crippen molar-refractivity contribution in [1.82, 2.24) is 25.3 Å². The molecule has 2 fully saturated rings.